The normalized spacial score (nSPS) is 8.67. The molecule has 0 aromatic heterocycles. The van der Waals surface area contributed by atoms with Gasteiger partial charge in [0, 0.05) is 5.69 Å². The number of rotatable bonds is 2. The van der Waals surface area contributed by atoms with E-state index in [-0.39, 0.29) is 33.7 Å². The maximum atomic E-state index is 10.3. The van der Waals surface area contributed by atoms with Crippen molar-refractivity contribution >= 4 is 39.0 Å². The van der Waals surface area contributed by atoms with Gasteiger partial charge in [-0.05, 0) is 11.6 Å². The van der Waals surface area contributed by atoms with E-state index in [2.05, 4.69) is 0 Å². The van der Waals surface area contributed by atoms with E-state index in [1.54, 1.807) is 24.3 Å². The first-order valence-corrected chi connectivity index (χ1v) is 3.25. The molecule has 0 amide bonds. The van der Waals surface area contributed by atoms with Crippen molar-refractivity contribution in [2.75, 3.05) is 5.73 Å². The summed E-state index contributed by atoms with van der Waals surface area (Å²) in [4.78, 5) is 10.3. The predicted octanol–water partition coefficient (Wildman–Crippen LogP) is -0.0203. The first-order chi connectivity index (χ1) is 5.20. The molecule has 64 valence electrons. The zero-order valence-corrected chi connectivity index (χ0v) is 12.2. The van der Waals surface area contributed by atoms with E-state index in [4.69, 9.17) is 10.8 Å². The van der Waals surface area contributed by atoms with Gasteiger partial charge in [-0.25, -0.2) is 0 Å². The van der Waals surface area contributed by atoms with E-state index in [1.165, 1.54) is 0 Å². The molecule has 0 aliphatic rings. The van der Waals surface area contributed by atoms with Crippen LogP contribution in [-0.2, 0) is 11.2 Å². The second-order valence-electron chi connectivity index (χ2n) is 2.27. The molecule has 0 fully saturated rings. The molecule has 0 saturated carbocycles. The second kappa shape index (κ2) is 5.13. The number of benzene rings is 1. The third-order valence-corrected chi connectivity index (χ3v) is 1.40. The average molecular weight is 360 g/mol. The number of anilines is 1. The Morgan fingerprint density at radius 1 is 1.42 bits per heavy atom. The average Bonchev–Trinajstić information content (AvgIpc) is 1.93. The van der Waals surface area contributed by atoms with E-state index >= 15 is 0 Å². The Morgan fingerprint density at radius 2 is 2.00 bits per heavy atom. The zero-order valence-electron chi connectivity index (χ0n) is 6.66. The van der Waals surface area contributed by atoms with E-state index in [9.17, 15) is 4.79 Å². The van der Waals surface area contributed by atoms with Crippen LogP contribution in [0, 0.1) is 0 Å². The molecule has 0 aliphatic carbocycles. The molecule has 0 bridgehead atoms. The molecule has 12 heavy (non-hydrogen) atoms. The molecule has 0 heterocycles. The van der Waals surface area contributed by atoms with Crippen LogP contribution in [0.4, 0.5) is 5.69 Å². The van der Waals surface area contributed by atoms with Crippen molar-refractivity contribution in [3.05, 3.63) is 29.8 Å². The van der Waals surface area contributed by atoms with Crippen molar-refractivity contribution in [1.82, 2.24) is 0 Å². The predicted molar refractivity (Wildman–Crippen MR) is 50.7 cm³/mol. The van der Waals surface area contributed by atoms with Gasteiger partial charge >= 0.3 is 33.3 Å². The number of hydrogen-bond acceptors (Lipinski definition) is 2. The van der Waals surface area contributed by atoms with Crippen LogP contribution in [-0.4, -0.2) is 38.4 Å². The number of carboxylic acids is 1. The second-order valence-corrected chi connectivity index (χ2v) is 2.27. The van der Waals surface area contributed by atoms with Gasteiger partial charge in [-0.2, -0.15) is 0 Å². The first-order valence-electron chi connectivity index (χ1n) is 3.25. The van der Waals surface area contributed by atoms with Crippen molar-refractivity contribution in [1.29, 1.82) is 0 Å². The number of carboxylic acid groups (broad SMARTS) is 1. The Balaban J connectivity index is 0.00000121. The van der Waals surface area contributed by atoms with Crippen molar-refractivity contribution in [2.24, 2.45) is 0 Å². The standard InChI is InChI=1S/C8H9NO2.Pb.2H/c9-7-4-2-1-3-6(7)5-8(10)11;;;/h1-4H,5,9H2,(H,10,11);;;. The zero-order chi connectivity index (χ0) is 8.27. The van der Waals surface area contributed by atoms with Crippen molar-refractivity contribution in [3.8, 4) is 0 Å². The van der Waals surface area contributed by atoms with Gasteiger partial charge < -0.3 is 10.8 Å². The molecule has 3 N–H and O–H groups in total. The van der Waals surface area contributed by atoms with Gasteiger partial charge in [0.2, 0.25) is 0 Å². The molecule has 0 unspecified atom stereocenters. The number of carbonyl (C=O) groups is 1. The SMILES string of the molecule is Nc1ccccc1CC(=O)O.[PbH2]. The minimum absolute atomic E-state index is 0. The third-order valence-electron chi connectivity index (χ3n) is 1.40. The van der Waals surface area contributed by atoms with Crippen LogP contribution in [0.5, 0.6) is 0 Å². The number of hydrogen-bond donors (Lipinski definition) is 2. The van der Waals surface area contributed by atoms with Crippen LogP contribution in [0.15, 0.2) is 24.3 Å². The van der Waals surface area contributed by atoms with E-state index in [0.717, 1.165) is 0 Å². The maximum absolute atomic E-state index is 10.3. The Hall–Kier alpha value is -0.588. The molecule has 0 atom stereocenters. The van der Waals surface area contributed by atoms with Gasteiger partial charge in [-0.1, -0.05) is 18.2 Å². The summed E-state index contributed by atoms with van der Waals surface area (Å²) >= 11 is 0. The molecule has 0 spiro atoms. The van der Waals surface area contributed by atoms with Gasteiger partial charge in [0.25, 0.3) is 0 Å². The summed E-state index contributed by atoms with van der Waals surface area (Å²) in [7, 11) is 0. The molecule has 1 aromatic rings. The van der Waals surface area contributed by atoms with Crippen molar-refractivity contribution in [2.45, 2.75) is 6.42 Å². The summed E-state index contributed by atoms with van der Waals surface area (Å²) in [6.07, 6.45) is -0.00727. The summed E-state index contributed by atoms with van der Waals surface area (Å²) in [5, 5.41) is 8.44. The molecule has 0 aliphatic heterocycles. The van der Waals surface area contributed by atoms with Gasteiger partial charge in [0.1, 0.15) is 0 Å². The van der Waals surface area contributed by atoms with E-state index in [1.807, 2.05) is 0 Å². The van der Waals surface area contributed by atoms with Crippen LogP contribution in [0.25, 0.3) is 0 Å². The minimum atomic E-state index is -0.858. The topological polar surface area (TPSA) is 63.3 Å². The molecular formula is C8H11NO2Pb. The third kappa shape index (κ3) is 3.21. The van der Waals surface area contributed by atoms with Gasteiger partial charge in [0.15, 0.2) is 0 Å². The number of para-hydroxylation sites is 1. The van der Waals surface area contributed by atoms with Crippen LogP contribution >= 0.6 is 0 Å². The molecule has 1 rings (SSSR count). The van der Waals surface area contributed by atoms with Gasteiger partial charge in [-0.15, -0.1) is 0 Å². The summed E-state index contributed by atoms with van der Waals surface area (Å²) in [5.41, 5.74) is 6.71. The fraction of sp³-hybridized carbons (Fsp3) is 0.125. The monoisotopic (exact) mass is 361 g/mol. The summed E-state index contributed by atoms with van der Waals surface area (Å²) in [6, 6.07) is 6.96. The summed E-state index contributed by atoms with van der Waals surface area (Å²) in [5.74, 6) is -0.858. The molecule has 2 radical (unpaired) electrons. The molecule has 4 heteroatoms. The first kappa shape index (κ1) is 11.4. The number of aliphatic carboxylic acids is 1. The Labute approximate surface area is 90.7 Å². The Kier molecular flexibility index (Phi) is 4.88. The van der Waals surface area contributed by atoms with Crippen LogP contribution in [0.3, 0.4) is 0 Å². The quantitative estimate of drug-likeness (QED) is 0.576. The van der Waals surface area contributed by atoms with Crippen molar-refractivity contribution in [3.63, 3.8) is 0 Å². The van der Waals surface area contributed by atoms with E-state index < -0.39 is 5.97 Å². The molecule has 1 aromatic carbocycles. The van der Waals surface area contributed by atoms with Crippen molar-refractivity contribution < 1.29 is 9.90 Å². The summed E-state index contributed by atoms with van der Waals surface area (Å²) in [6.45, 7) is 0. The molecular weight excluding hydrogens is 349 g/mol. The van der Waals surface area contributed by atoms with Gasteiger partial charge in [0.05, 0.1) is 6.42 Å². The fourth-order valence-corrected chi connectivity index (χ4v) is 0.858. The molecule has 3 nitrogen and oxygen atoms in total. The van der Waals surface area contributed by atoms with Crippen LogP contribution < -0.4 is 5.73 Å². The van der Waals surface area contributed by atoms with Crippen LogP contribution in [0.2, 0.25) is 0 Å². The number of nitrogen functional groups attached to an aromatic ring is 1. The Bertz CT molecular complexity index is 276. The van der Waals surface area contributed by atoms with Gasteiger partial charge in [-0.3, -0.25) is 4.79 Å². The van der Waals surface area contributed by atoms with E-state index in [0.29, 0.717) is 11.3 Å². The van der Waals surface area contributed by atoms with Crippen LogP contribution in [0.1, 0.15) is 5.56 Å². The Morgan fingerprint density at radius 3 is 2.50 bits per heavy atom. The molecule has 0 saturated heterocycles. The number of nitrogens with two attached hydrogens (primary N) is 1. The fourth-order valence-electron chi connectivity index (χ4n) is 0.858. The summed E-state index contributed by atoms with van der Waals surface area (Å²) < 4.78 is 0.